The summed E-state index contributed by atoms with van der Waals surface area (Å²) in [5.41, 5.74) is 0.803. The Morgan fingerprint density at radius 3 is 2.76 bits per heavy atom. The minimum absolute atomic E-state index is 0.294. The molecule has 1 unspecified atom stereocenters. The Kier molecular flexibility index (Phi) is 4.81. The third kappa shape index (κ3) is 3.22. The Labute approximate surface area is 157 Å². The summed E-state index contributed by atoms with van der Waals surface area (Å²) in [5, 5.41) is 1.56. The first-order valence-corrected chi connectivity index (χ1v) is 11.1. The molecular formula is C17H21ClN2O3S2. The molecule has 1 aromatic heterocycles. The van der Waals surface area contributed by atoms with Crippen molar-refractivity contribution in [1.29, 1.82) is 0 Å². The summed E-state index contributed by atoms with van der Waals surface area (Å²) in [6.45, 7) is 6.27. The molecule has 2 aromatic rings. The van der Waals surface area contributed by atoms with Gasteiger partial charge in [0.25, 0.3) is 10.0 Å². The number of nitrogens with zero attached hydrogens (tertiary/aromatic N) is 2. The van der Waals surface area contributed by atoms with Crippen molar-refractivity contribution in [2.45, 2.75) is 23.6 Å². The Bertz CT molecular complexity index is 891. The molecule has 8 heteroatoms. The van der Waals surface area contributed by atoms with E-state index < -0.39 is 10.0 Å². The Balaban J connectivity index is 1.61. The maximum Gasteiger partial charge on any atom is 0.252 e. The van der Waals surface area contributed by atoms with Crippen molar-refractivity contribution in [3.63, 3.8) is 0 Å². The molecule has 0 spiro atoms. The minimum Gasteiger partial charge on any atom is -0.379 e. The molecule has 1 atom stereocenters. The summed E-state index contributed by atoms with van der Waals surface area (Å²) in [6, 6.07) is 5.85. The van der Waals surface area contributed by atoms with Gasteiger partial charge in [-0.2, -0.15) is 4.31 Å². The fraction of sp³-hybridized carbons (Fsp3) is 0.529. The van der Waals surface area contributed by atoms with Crippen LogP contribution in [0.2, 0.25) is 5.02 Å². The van der Waals surface area contributed by atoms with Crippen molar-refractivity contribution in [2.75, 3.05) is 39.4 Å². The van der Waals surface area contributed by atoms with Crippen molar-refractivity contribution < 1.29 is 13.2 Å². The molecule has 4 rings (SSSR count). The highest BCUT2D eigenvalue weighted by Crippen LogP contribution is 2.38. The fourth-order valence-corrected chi connectivity index (χ4v) is 7.25. The Morgan fingerprint density at radius 2 is 2.00 bits per heavy atom. The van der Waals surface area contributed by atoms with Crippen LogP contribution in [-0.4, -0.2) is 63.1 Å². The van der Waals surface area contributed by atoms with Crippen LogP contribution in [-0.2, 0) is 14.8 Å². The monoisotopic (exact) mass is 400 g/mol. The number of thiophene rings is 1. The lowest BCUT2D eigenvalue weighted by Gasteiger charge is -2.32. The predicted molar refractivity (Wildman–Crippen MR) is 101 cm³/mol. The average molecular weight is 401 g/mol. The van der Waals surface area contributed by atoms with E-state index in [1.165, 1.54) is 11.3 Å². The summed E-state index contributed by atoms with van der Waals surface area (Å²) in [6.07, 6.45) is 0.884. The number of hydrogen-bond acceptors (Lipinski definition) is 5. The zero-order valence-corrected chi connectivity index (χ0v) is 16.5. The van der Waals surface area contributed by atoms with Crippen LogP contribution in [0.1, 0.15) is 12.0 Å². The summed E-state index contributed by atoms with van der Waals surface area (Å²) in [7, 11) is -3.46. The van der Waals surface area contributed by atoms with Crippen LogP contribution in [0.15, 0.2) is 22.4 Å². The Hall–Kier alpha value is -0.700. The molecular weight excluding hydrogens is 380 g/mol. The second kappa shape index (κ2) is 6.79. The molecule has 0 N–H and O–H groups in total. The van der Waals surface area contributed by atoms with Gasteiger partial charge in [0, 0.05) is 41.9 Å². The van der Waals surface area contributed by atoms with Gasteiger partial charge in [-0.1, -0.05) is 11.6 Å². The number of benzene rings is 1. The number of rotatable bonds is 3. The van der Waals surface area contributed by atoms with E-state index in [4.69, 9.17) is 16.3 Å². The first-order chi connectivity index (χ1) is 12.0. The van der Waals surface area contributed by atoms with Gasteiger partial charge in [0.05, 0.1) is 13.2 Å². The van der Waals surface area contributed by atoms with E-state index >= 15 is 0 Å². The second-order valence-electron chi connectivity index (χ2n) is 6.61. The van der Waals surface area contributed by atoms with Crippen LogP contribution < -0.4 is 0 Å². The van der Waals surface area contributed by atoms with E-state index in [9.17, 15) is 8.42 Å². The summed E-state index contributed by atoms with van der Waals surface area (Å²) in [5.74, 6) is 0. The zero-order valence-electron chi connectivity index (χ0n) is 14.1. The van der Waals surface area contributed by atoms with E-state index in [0.29, 0.717) is 28.4 Å². The van der Waals surface area contributed by atoms with E-state index in [1.807, 2.05) is 19.1 Å². The molecule has 2 aliphatic rings. The summed E-state index contributed by atoms with van der Waals surface area (Å²) < 4.78 is 34.9. The fourth-order valence-electron chi connectivity index (χ4n) is 3.70. The van der Waals surface area contributed by atoms with E-state index in [1.54, 1.807) is 10.4 Å². The zero-order chi connectivity index (χ0) is 17.6. The molecule has 2 saturated heterocycles. The molecule has 0 saturated carbocycles. The lowest BCUT2D eigenvalue weighted by molar-refractivity contribution is 0.0197. The van der Waals surface area contributed by atoms with Crippen LogP contribution in [0.4, 0.5) is 0 Å². The van der Waals surface area contributed by atoms with Gasteiger partial charge in [-0.15, -0.1) is 11.3 Å². The molecule has 0 bridgehead atoms. The first kappa shape index (κ1) is 17.7. The van der Waals surface area contributed by atoms with Gasteiger partial charge in [0.15, 0.2) is 0 Å². The number of hydrogen-bond donors (Lipinski definition) is 0. The molecule has 25 heavy (non-hydrogen) atoms. The van der Waals surface area contributed by atoms with Gasteiger partial charge in [-0.25, -0.2) is 8.42 Å². The van der Waals surface area contributed by atoms with Crippen LogP contribution in [0.25, 0.3) is 10.1 Å². The van der Waals surface area contributed by atoms with Crippen molar-refractivity contribution in [3.05, 3.63) is 28.8 Å². The van der Waals surface area contributed by atoms with Gasteiger partial charge < -0.3 is 4.74 Å². The standard InChI is InChI=1S/C17H21ClN2O3S2/c1-12-15-10-13(18)2-3-16(15)24-17(12)25(21,22)20-5-4-14(11-20)19-6-8-23-9-7-19/h2-3,10,14H,4-9,11H2,1H3. The normalized spacial score (nSPS) is 23.5. The number of halogens is 1. The molecule has 0 amide bonds. The SMILES string of the molecule is Cc1c(S(=O)(=O)N2CCC(N3CCOCC3)C2)sc2ccc(Cl)cc12. The molecule has 1 aromatic carbocycles. The third-order valence-corrected chi connectivity index (χ3v) is 9.09. The number of ether oxygens (including phenoxy) is 1. The van der Waals surface area contributed by atoms with Crippen molar-refractivity contribution in [2.24, 2.45) is 0 Å². The molecule has 136 valence electrons. The molecule has 0 radical (unpaired) electrons. The topological polar surface area (TPSA) is 49.9 Å². The van der Waals surface area contributed by atoms with Gasteiger partial charge in [0.2, 0.25) is 0 Å². The molecule has 2 fully saturated rings. The highest BCUT2D eigenvalue weighted by atomic mass is 35.5. The van der Waals surface area contributed by atoms with Crippen LogP contribution in [0, 0.1) is 6.92 Å². The van der Waals surface area contributed by atoms with Crippen LogP contribution in [0.5, 0.6) is 0 Å². The molecule has 3 heterocycles. The van der Waals surface area contributed by atoms with Crippen molar-refractivity contribution >= 4 is 43.0 Å². The van der Waals surface area contributed by atoms with Crippen molar-refractivity contribution in [3.8, 4) is 0 Å². The van der Waals surface area contributed by atoms with Gasteiger partial charge in [-0.05, 0) is 42.5 Å². The van der Waals surface area contributed by atoms with E-state index in [0.717, 1.165) is 48.4 Å². The largest absolute Gasteiger partial charge is 0.379 e. The quantitative estimate of drug-likeness (QED) is 0.794. The lowest BCUT2D eigenvalue weighted by atomic mass is 10.2. The van der Waals surface area contributed by atoms with Crippen LogP contribution >= 0.6 is 22.9 Å². The molecule has 5 nitrogen and oxygen atoms in total. The van der Waals surface area contributed by atoms with Gasteiger partial charge in [0.1, 0.15) is 4.21 Å². The van der Waals surface area contributed by atoms with Gasteiger partial charge >= 0.3 is 0 Å². The van der Waals surface area contributed by atoms with Crippen molar-refractivity contribution in [1.82, 2.24) is 9.21 Å². The number of morpholine rings is 1. The first-order valence-electron chi connectivity index (χ1n) is 8.47. The third-order valence-electron chi connectivity index (χ3n) is 5.12. The summed E-state index contributed by atoms with van der Waals surface area (Å²) in [4.78, 5) is 2.36. The average Bonchev–Trinajstić information content (AvgIpc) is 3.22. The highest BCUT2D eigenvalue weighted by molar-refractivity contribution is 7.91. The molecule has 2 aliphatic heterocycles. The summed E-state index contributed by atoms with van der Waals surface area (Å²) >= 11 is 7.42. The van der Waals surface area contributed by atoms with E-state index in [2.05, 4.69) is 4.90 Å². The number of sulfonamides is 1. The predicted octanol–water partition coefficient (Wildman–Crippen LogP) is 2.96. The maximum atomic E-state index is 13.2. The highest BCUT2D eigenvalue weighted by Gasteiger charge is 2.37. The second-order valence-corrected chi connectivity index (χ2v) is 10.2. The lowest BCUT2D eigenvalue weighted by Crippen LogP contribution is -2.45. The minimum atomic E-state index is -3.46. The molecule has 0 aliphatic carbocycles. The van der Waals surface area contributed by atoms with Gasteiger partial charge in [-0.3, -0.25) is 4.90 Å². The Morgan fingerprint density at radius 1 is 1.24 bits per heavy atom. The van der Waals surface area contributed by atoms with E-state index in [-0.39, 0.29) is 0 Å². The maximum absolute atomic E-state index is 13.2. The number of aryl methyl sites for hydroxylation is 1. The smallest absolute Gasteiger partial charge is 0.252 e. The number of fused-ring (bicyclic) bond motifs is 1. The van der Waals surface area contributed by atoms with Crippen LogP contribution in [0.3, 0.4) is 0 Å².